The summed E-state index contributed by atoms with van der Waals surface area (Å²) in [6, 6.07) is 24.5. The van der Waals surface area contributed by atoms with E-state index in [4.69, 9.17) is 0 Å². The summed E-state index contributed by atoms with van der Waals surface area (Å²) in [5.41, 5.74) is 6.15. The van der Waals surface area contributed by atoms with Crippen LogP contribution in [-0.2, 0) is 12.7 Å². The first kappa shape index (κ1) is 28.7. The topological polar surface area (TPSA) is 71.3 Å². The number of nitrogens with zero attached hydrogens (tertiary/aromatic N) is 1. The van der Waals surface area contributed by atoms with E-state index in [0.717, 1.165) is 45.4 Å². The van der Waals surface area contributed by atoms with Crippen LogP contribution in [0.1, 0.15) is 61.6 Å². The lowest BCUT2D eigenvalue weighted by molar-refractivity contribution is -0.137. The molecule has 8 heteroatoms. The monoisotopic (exact) mass is 570 g/mol. The number of aryl methyl sites for hydroxylation is 1. The zero-order valence-electron chi connectivity index (χ0n) is 23.3. The minimum Gasteiger partial charge on any atom is -0.478 e. The molecule has 0 saturated carbocycles. The van der Waals surface area contributed by atoms with E-state index in [1.807, 2.05) is 56.3 Å². The van der Waals surface area contributed by atoms with Gasteiger partial charge in [-0.15, -0.1) is 0 Å². The van der Waals surface area contributed by atoms with Crippen molar-refractivity contribution in [3.05, 3.63) is 130 Å². The molecule has 5 nitrogen and oxygen atoms in total. The highest BCUT2D eigenvalue weighted by Crippen LogP contribution is 2.31. The maximum atomic E-state index is 13.1. The van der Waals surface area contributed by atoms with Crippen LogP contribution in [0.2, 0.25) is 0 Å². The van der Waals surface area contributed by atoms with E-state index in [1.165, 1.54) is 12.1 Å². The summed E-state index contributed by atoms with van der Waals surface area (Å²) in [6.45, 7) is 6.36. The van der Waals surface area contributed by atoms with Crippen molar-refractivity contribution in [2.24, 2.45) is 0 Å². The molecular formula is C34H29F3N2O3. The van der Waals surface area contributed by atoms with Crippen LogP contribution < -0.4 is 5.32 Å². The molecule has 1 heterocycles. The third kappa shape index (κ3) is 5.65. The number of halogens is 3. The molecule has 0 fully saturated rings. The molecule has 1 atom stereocenters. The van der Waals surface area contributed by atoms with Crippen molar-refractivity contribution in [3.8, 4) is 11.1 Å². The van der Waals surface area contributed by atoms with Gasteiger partial charge in [0.15, 0.2) is 0 Å². The summed E-state index contributed by atoms with van der Waals surface area (Å²) in [6.07, 6.45) is -4.41. The lowest BCUT2D eigenvalue weighted by atomic mass is 9.99. The Kier molecular flexibility index (Phi) is 7.65. The van der Waals surface area contributed by atoms with Crippen LogP contribution in [0.15, 0.2) is 91.0 Å². The number of hydrogen-bond donors (Lipinski definition) is 2. The molecule has 0 radical (unpaired) electrons. The fourth-order valence-corrected chi connectivity index (χ4v) is 5.21. The number of aromatic carboxylic acids is 1. The molecule has 1 aromatic heterocycles. The average Bonchev–Trinajstić information content (AvgIpc) is 3.21. The van der Waals surface area contributed by atoms with Gasteiger partial charge in [-0.25, -0.2) is 4.79 Å². The Morgan fingerprint density at radius 3 is 2.21 bits per heavy atom. The van der Waals surface area contributed by atoms with E-state index in [2.05, 4.69) is 9.88 Å². The SMILES string of the molecule is Cc1c(C)n(Cc2ccc(-c3ccccc3C(=O)O)cc2)c2ccc(C(=O)NC(C)c3ccc(C(F)(F)F)cc3)cc12. The third-order valence-electron chi connectivity index (χ3n) is 7.75. The molecule has 0 saturated heterocycles. The Morgan fingerprint density at radius 2 is 1.57 bits per heavy atom. The molecule has 42 heavy (non-hydrogen) atoms. The molecule has 0 aliphatic rings. The molecule has 214 valence electrons. The first-order chi connectivity index (χ1) is 19.9. The number of alkyl halides is 3. The molecule has 0 aliphatic heterocycles. The highest BCUT2D eigenvalue weighted by atomic mass is 19.4. The largest absolute Gasteiger partial charge is 0.478 e. The molecule has 0 aliphatic carbocycles. The van der Waals surface area contributed by atoms with Crippen LogP contribution in [0.25, 0.3) is 22.0 Å². The number of carboxylic acid groups (broad SMARTS) is 1. The van der Waals surface area contributed by atoms with Crippen molar-refractivity contribution in [1.29, 1.82) is 0 Å². The van der Waals surface area contributed by atoms with Gasteiger partial charge in [-0.05, 0) is 85.0 Å². The smallest absolute Gasteiger partial charge is 0.416 e. The normalized spacial score (nSPS) is 12.3. The Hall–Kier alpha value is -4.85. The second kappa shape index (κ2) is 11.2. The molecule has 4 aromatic carbocycles. The summed E-state index contributed by atoms with van der Waals surface area (Å²) in [4.78, 5) is 24.7. The highest BCUT2D eigenvalue weighted by molar-refractivity contribution is 5.99. The van der Waals surface area contributed by atoms with Gasteiger partial charge in [-0.3, -0.25) is 4.79 Å². The van der Waals surface area contributed by atoms with E-state index < -0.39 is 23.8 Å². The fraction of sp³-hybridized carbons (Fsp3) is 0.176. The van der Waals surface area contributed by atoms with Gasteiger partial charge in [0.25, 0.3) is 5.91 Å². The first-order valence-corrected chi connectivity index (χ1v) is 13.4. The molecule has 0 bridgehead atoms. The van der Waals surface area contributed by atoms with E-state index in [1.54, 1.807) is 31.2 Å². The maximum Gasteiger partial charge on any atom is 0.416 e. The standard InChI is InChI=1S/C34H29F3N2O3/c1-20-22(3)39(19-23-8-10-25(11-9-23)28-6-4-5-7-29(28)33(41)42)31-17-14-26(18-30(20)31)32(40)38-21(2)24-12-15-27(16-13-24)34(35,36)37/h4-18,21H,19H2,1-3H3,(H,38,40)(H,41,42). The predicted octanol–water partition coefficient (Wildman–Crippen LogP) is 8.18. The number of carboxylic acids is 1. The van der Waals surface area contributed by atoms with Crippen molar-refractivity contribution in [3.63, 3.8) is 0 Å². The molecule has 2 N–H and O–H groups in total. The number of fused-ring (bicyclic) bond motifs is 1. The number of hydrogen-bond acceptors (Lipinski definition) is 2. The van der Waals surface area contributed by atoms with Crippen LogP contribution in [0, 0.1) is 13.8 Å². The summed E-state index contributed by atoms with van der Waals surface area (Å²) in [5, 5.41) is 13.4. The molecule has 5 rings (SSSR count). The number of carbonyl (C=O) groups excluding carboxylic acids is 1. The van der Waals surface area contributed by atoms with Crippen LogP contribution in [0.3, 0.4) is 0 Å². The van der Waals surface area contributed by atoms with E-state index in [9.17, 15) is 27.9 Å². The minimum absolute atomic E-state index is 0.252. The van der Waals surface area contributed by atoms with Crippen LogP contribution in [0.5, 0.6) is 0 Å². The molecule has 1 unspecified atom stereocenters. The number of nitrogens with one attached hydrogen (secondary N) is 1. The number of carbonyl (C=O) groups is 2. The Labute approximate surface area is 241 Å². The van der Waals surface area contributed by atoms with Gasteiger partial charge in [-0.2, -0.15) is 13.2 Å². The van der Waals surface area contributed by atoms with E-state index in [-0.39, 0.29) is 11.5 Å². The number of benzene rings is 4. The number of aromatic nitrogens is 1. The summed E-state index contributed by atoms with van der Waals surface area (Å²) in [7, 11) is 0. The summed E-state index contributed by atoms with van der Waals surface area (Å²) in [5.74, 6) is -1.28. The van der Waals surface area contributed by atoms with Gasteiger partial charge in [0.05, 0.1) is 17.2 Å². The van der Waals surface area contributed by atoms with Gasteiger partial charge in [0, 0.05) is 28.7 Å². The Balaban J connectivity index is 1.35. The average molecular weight is 571 g/mol. The van der Waals surface area contributed by atoms with Crippen molar-refractivity contribution in [2.75, 3.05) is 0 Å². The second-order valence-corrected chi connectivity index (χ2v) is 10.4. The van der Waals surface area contributed by atoms with Crippen LogP contribution in [-0.4, -0.2) is 21.6 Å². The quantitative estimate of drug-likeness (QED) is 0.207. The zero-order chi connectivity index (χ0) is 30.2. The van der Waals surface area contributed by atoms with Gasteiger partial charge < -0.3 is 15.0 Å². The lowest BCUT2D eigenvalue weighted by Gasteiger charge is -2.16. The zero-order valence-corrected chi connectivity index (χ0v) is 23.3. The number of amides is 1. The minimum atomic E-state index is -4.41. The Bertz CT molecular complexity index is 1790. The van der Waals surface area contributed by atoms with Gasteiger partial charge in [0.1, 0.15) is 0 Å². The van der Waals surface area contributed by atoms with Gasteiger partial charge in [-0.1, -0.05) is 54.6 Å². The summed E-state index contributed by atoms with van der Waals surface area (Å²) >= 11 is 0. The van der Waals surface area contributed by atoms with Crippen molar-refractivity contribution >= 4 is 22.8 Å². The van der Waals surface area contributed by atoms with Crippen molar-refractivity contribution in [1.82, 2.24) is 9.88 Å². The second-order valence-electron chi connectivity index (χ2n) is 10.4. The third-order valence-corrected chi connectivity index (χ3v) is 7.75. The molecule has 1 amide bonds. The van der Waals surface area contributed by atoms with E-state index in [0.29, 0.717) is 23.2 Å². The molecule has 5 aromatic rings. The van der Waals surface area contributed by atoms with Crippen LogP contribution >= 0.6 is 0 Å². The van der Waals surface area contributed by atoms with Gasteiger partial charge >= 0.3 is 12.1 Å². The molecule has 0 spiro atoms. The highest BCUT2D eigenvalue weighted by Gasteiger charge is 2.30. The number of rotatable bonds is 7. The fourth-order valence-electron chi connectivity index (χ4n) is 5.21. The predicted molar refractivity (Wildman–Crippen MR) is 157 cm³/mol. The maximum absolute atomic E-state index is 13.1. The van der Waals surface area contributed by atoms with E-state index >= 15 is 0 Å². The first-order valence-electron chi connectivity index (χ1n) is 13.4. The van der Waals surface area contributed by atoms with Gasteiger partial charge in [0.2, 0.25) is 0 Å². The Morgan fingerprint density at radius 1 is 0.905 bits per heavy atom. The lowest BCUT2D eigenvalue weighted by Crippen LogP contribution is -2.26. The van der Waals surface area contributed by atoms with Crippen molar-refractivity contribution < 1.29 is 27.9 Å². The van der Waals surface area contributed by atoms with Crippen molar-refractivity contribution in [2.45, 2.75) is 39.5 Å². The molecular weight excluding hydrogens is 541 g/mol. The van der Waals surface area contributed by atoms with Crippen LogP contribution in [0.4, 0.5) is 13.2 Å². The summed E-state index contributed by atoms with van der Waals surface area (Å²) < 4.78 is 40.9.